The summed E-state index contributed by atoms with van der Waals surface area (Å²) in [7, 11) is 3.08. The topological polar surface area (TPSA) is 122 Å². The summed E-state index contributed by atoms with van der Waals surface area (Å²) in [5.74, 6) is -3.51. The van der Waals surface area contributed by atoms with Crippen molar-refractivity contribution in [2.45, 2.75) is 114 Å². The van der Waals surface area contributed by atoms with E-state index in [0.29, 0.717) is 6.61 Å². The van der Waals surface area contributed by atoms with Crippen molar-refractivity contribution >= 4 is 0 Å². The number of rotatable bonds is 12. The summed E-state index contributed by atoms with van der Waals surface area (Å²) in [6.45, 7) is 7.58. The van der Waals surface area contributed by atoms with Gasteiger partial charge in [0.2, 0.25) is 11.6 Å². The van der Waals surface area contributed by atoms with Gasteiger partial charge < -0.3 is 57.2 Å². The molecule has 11 atom stereocenters. The third-order valence-corrected chi connectivity index (χ3v) is 9.15. The Kier molecular flexibility index (Phi) is 10.2. The van der Waals surface area contributed by atoms with Gasteiger partial charge in [-0.2, -0.15) is 0 Å². The van der Waals surface area contributed by atoms with Gasteiger partial charge >= 0.3 is 0 Å². The van der Waals surface area contributed by atoms with Gasteiger partial charge in [0.25, 0.3) is 0 Å². The Labute approximate surface area is 270 Å². The summed E-state index contributed by atoms with van der Waals surface area (Å²) >= 11 is 0. The fraction of sp³-hybridized carbons (Fsp3) is 0.647. The molecule has 0 saturated carbocycles. The number of hydrogen-bond donors (Lipinski definition) is 1. The fourth-order valence-electron chi connectivity index (χ4n) is 6.42. The SMILES string of the molecule is COC1(C)O[C@@H]2[C@@H](OCc3ccccc3)[C@@H](O[C@H]3[C@H]4OC(C)(C)O[C@H]4O[C@@H]3CO)O[C@H](COCc3ccccc3)[C@H]2OC1(C)OC. The summed E-state index contributed by atoms with van der Waals surface area (Å²) in [5.41, 5.74) is 1.97. The lowest BCUT2D eigenvalue weighted by atomic mass is 9.93. The van der Waals surface area contributed by atoms with Crippen molar-refractivity contribution in [2.75, 3.05) is 27.4 Å². The van der Waals surface area contributed by atoms with Gasteiger partial charge in [-0.1, -0.05) is 60.7 Å². The minimum atomic E-state index is -1.32. The summed E-state index contributed by atoms with van der Waals surface area (Å²) < 4.78 is 69.3. The van der Waals surface area contributed by atoms with Crippen LogP contribution in [0.5, 0.6) is 0 Å². The Morgan fingerprint density at radius 1 is 0.674 bits per heavy atom. The quantitative estimate of drug-likeness (QED) is 0.364. The Morgan fingerprint density at radius 3 is 1.89 bits per heavy atom. The molecule has 254 valence electrons. The van der Waals surface area contributed by atoms with E-state index < -0.39 is 72.7 Å². The zero-order chi connectivity index (χ0) is 32.5. The normalized spacial score (nSPS) is 40.0. The van der Waals surface area contributed by atoms with Gasteiger partial charge in [-0.3, -0.25) is 0 Å². The van der Waals surface area contributed by atoms with Crippen molar-refractivity contribution in [1.82, 2.24) is 0 Å². The number of aliphatic hydroxyl groups is 1. The lowest BCUT2D eigenvalue weighted by molar-refractivity contribution is -0.483. The molecule has 6 rings (SSSR count). The summed E-state index contributed by atoms with van der Waals surface area (Å²) in [6, 6.07) is 19.6. The average Bonchev–Trinajstić information content (AvgIpc) is 3.53. The van der Waals surface area contributed by atoms with E-state index in [1.165, 1.54) is 14.2 Å². The van der Waals surface area contributed by atoms with Crippen LogP contribution in [0.4, 0.5) is 0 Å². The number of fused-ring (bicyclic) bond motifs is 2. The zero-order valence-corrected chi connectivity index (χ0v) is 27.2. The Balaban J connectivity index is 1.31. The van der Waals surface area contributed by atoms with E-state index in [9.17, 15) is 5.11 Å². The highest BCUT2D eigenvalue weighted by atomic mass is 16.9. The second kappa shape index (κ2) is 13.8. The molecule has 4 aliphatic heterocycles. The molecule has 0 radical (unpaired) electrons. The smallest absolute Gasteiger partial charge is 0.220 e. The van der Waals surface area contributed by atoms with Gasteiger partial charge in [-0.25, -0.2) is 0 Å². The van der Waals surface area contributed by atoms with Crippen LogP contribution in [-0.2, 0) is 65.3 Å². The first-order valence-electron chi connectivity index (χ1n) is 15.7. The Morgan fingerprint density at radius 2 is 1.28 bits per heavy atom. The third kappa shape index (κ3) is 6.77. The van der Waals surface area contributed by atoms with Crippen molar-refractivity contribution in [3.05, 3.63) is 71.8 Å². The maximum Gasteiger partial charge on any atom is 0.220 e. The van der Waals surface area contributed by atoms with Gasteiger partial charge in [0, 0.05) is 14.2 Å². The fourth-order valence-corrected chi connectivity index (χ4v) is 6.42. The van der Waals surface area contributed by atoms with E-state index in [4.69, 9.17) is 52.1 Å². The van der Waals surface area contributed by atoms with Crippen LogP contribution in [0.2, 0.25) is 0 Å². The largest absolute Gasteiger partial charge is 0.394 e. The molecule has 0 aliphatic carbocycles. The van der Waals surface area contributed by atoms with E-state index in [0.717, 1.165) is 11.1 Å². The monoisotopic (exact) mass is 646 g/mol. The van der Waals surface area contributed by atoms with E-state index in [1.54, 1.807) is 27.7 Å². The highest BCUT2D eigenvalue weighted by Gasteiger charge is 2.64. The number of benzene rings is 2. The molecule has 2 aromatic carbocycles. The van der Waals surface area contributed by atoms with Gasteiger partial charge in [-0.15, -0.1) is 0 Å². The van der Waals surface area contributed by atoms with Gasteiger partial charge in [0.1, 0.15) is 42.7 Å². The Hall–Kier alpha value is -2.04. The standard InChI is InChI=1S/C34H46O12/c1-32(2)43-29-25(23(17-35)40-31(29)46-32)42-30-28(39-19-22-15-11-8-12-16-22)27-26(44-33(3,36-5)34(4,37-6)45-27)24(41-30)20-38-18-21-13-9-7-10-14-21/h7-16,23-31,35H,17-20H2,1-6H3/t23-,24-,25-,26-,27+,28-,29-,30-,31-,33?,34?/m1/s1. The molecule has 46 heavy (non-hydrogen) atoms. The molecular weight excluding hydrogens is 600 g/mol. The van der Waals surface area contributed by atoms with Crippen LogP contribution in [0.3, 0.4) is 0 Å². The Bertz CT molecular complexity index is 1270. The summed E-state index contributed by atoms with van der Waals surface area (Å²) in [4.78, 5) is 0. The van der Waals surface area contributed by atoms with Crippen LogP contribution in [0, 0.1) is 0 Å². The molecule has 0 bridgehead atoms. The molecule has 1 N–H and O–H groups in total. The molecular formula is C34H46O12. The van der Waals surface area contributed by atoms with Crippen LogP contribution < -0.4 is 0 Å². The molecule has 0 amide bonds. The lowest BCUT2D eigenvalue weighted by Gasteiger charge is -2.57. The summed E-state index contributed by atoms with van der Waals surface area (Å²) in [5, 5.41) is 10.2. The first kappa shape index (κ1) is 33.8. The van der Waals surface area contributed by atoms with E-state index in [1.807, 2.05) is 60.7 Å². The van der Waals surface area contributed by atoms with Crippen LogP contribution in [0.1, 0.15) is 38.8 Å². The lowest BCUT2D eigenvalue weighted by Crippen LogP contribution is -2.73. The molecule has 2 unspecified atom stereocenters. The van der Waals surface area contributed by atoms with Crippen molar-refractivity contribution in [2.24, 2.45) is 0 Å². The third-order valence-electron chi connectivity index (χ3n) is 9.15. The van der Waals surface area contributed by atoms with Crippen molar-refractivity contribution in [3.8, 4) is 0 Å². The van der Waals surface area contributed by atoms with E-state index >= 15 is 0 Å². The first-order chi connectivity index (χ1) is 22.1. The van der Waals surface area contributed by atoms with Crippen molar-refractivity contribution < 1.29 is 57.2 Å². The molecule has 4 fully saturated rings. The second-order valence-corrected chi connectivity index (χ2v) is 12.7. The molecule has 12 nitrogen and oxygen atoms in total. The summed E-state index contributed by atoms with van der Waals surface area (Å²) in [6.07, 6.45) is -6.74. The minimum Gasteiger partial charge on any atom is -0.394 e. The van der Waals surface area contributed by atoms with Crippen LogP contribution in [-0.4, -0.2) is 105 Å². The number of ether oxygens (including phenoxy) is 11. The molecule has 12 heteroatoms. The first-order valence-corrected chi connectivity index (χ1v) is 15.7. The number of methoxy groups -OCH3 is 2. The van der Waals surface area contributed by atoms with Crippen molar-refractivity contribution in [1.29, 1.82) is 0 Å². The maximum atomic E-state index is 10.2. The van der Waals surface area contributed by atoms with Gasteiger partial charge in [0.05, 0.1) is 26.4 Å². The van der Waals surface area contributed by atoms with Crippen LogP contribution >= 0.6 is 0 Å². The molecule has 2 aromatic rings. The zero-order valence-electron chi connectivity index (χ0n) is 27.2. The number of hydrogen-bond acceptors (Lipinski definition) is 12. The average molecular weight is 647 g/mol. The van der Waals surface area contributed by atoms with Crippen molar-refractivity contribution in [3.63, 3.8) is 0 Å². The highest BCUT2D eigenvalue weighted by molar-refractivity contribution is 5.14. The molecule has 0 aromatic heterocycles. The van der Waals surface area contributed by atoms with E-state index in [-0.39, 0.29) is 19.8 Å². The van der Waals surface area contributed by atoms with Crippen LogP contribution in [0.25, 0.3) is 0 Å². The second-order valence-electron chi connectivity index (χ2n) is 12.7. The number of aliphatic hydroxyl groups excluding tert-OH is 1. The highest BCUT2D eigenvalue weighted by Crippen LogP contribution is 2.46. The molecule has 0 spiro atoms. The molecule has 4 aliphatic rings. The predicted octanol–water partition coefficient (Wildman–Crippen LogP) is 3.28. The van der Waals surface area contributed by atoms with Gasteiger partial charge in [-0.05, 0) is 38.8 Å². The predicted molar refractivity (Wildman–Crippen MR) is 161 cm³/mol. The van der Waals surface area contributed by atoms with Crippen LogP contribution in [0.15, 0.2) is 60.7 Å². The van der Waals surface area contributed by atoms with Gasteiger partial charge in [0.15, 0.2) is 18.4 Å². The molecule has 4 saturated heterocycles. The van der Waals surface area contributed by atoms with E-state index in [2.05, 4.69) is 0 Å². The minimum absolute atomic E-state index is 0.150. The maximum absolute atomic E-state index is 10.2. The molecule has 4 heterocycles.